The highest BCUT2D eigenvalue weighted by molar-refractivity contribution is 6.29. The number of hydrogen-bond donors (Lipinski definition) is 1. The molecule has 0 amide bonds. The third-order valence-corrected chi connectivity index (χ3v) is 2.25. The molecule has 0 radical (unpaired) electrons. The van der Waals surface area contributed by atoms with Gasteiger partial charge < -0.3 is 5.73 Å². The molecule has 0 saturated heterocycles. The fourth-order valence-electron chi connectivity index (χ4n) is 1.42. The molecule has 0 spiro atoms. The molecule has 0 saturated carbocycles. The van der Waals surface area contributed by atoms with Crippen molar-refractivity contribution in [1.82, 2.24) is 4.98 Å². The van der Waals surface area contributed by atoms with Crippen LogP contribution in [0.5, 0.6) is 0 Å². The van der Waals surface area contributed by atoms with Crippen molar-refractivity contribution in [1.29, 1.82) is 0 Å². The predicted octanol–water partition coefficient (Wildman–Crippen LogP) is 1.98. The van der Waals surface area contributed by atoms with Crippen molar-refractivity contribution in [2.45, 2.75) is 12.8 Å². The Kier molecular flexibility index (Phi) is 1.77. The van der Waals surface area contributed by atoms with Crippen LogP contribution in [0, 0.1) is 0 Å². The maximum atomic E-state index is 5.79. The van der Waals surface area contributed by atoms with Gasteiger partial charge in [-0.15, -0.1) is 0 Å². The van der Waals surface area contributed by atoms with E-state index < -0.39 is 0 Å². The minimum Gasteiger partial charge on any atom is -0.398 e. The molecule has 1 heterocycles. The van der Waals surface area contributed by atoms with Gasteiger partial charge in [-0.25, -0.2) is 4.98 Å². The van der Waals surface area contributed by atoms with E-state index in [4.69, 9.17) is 17.3 Å². The summed E-state index contributed by atoms with van der Waals surface area (Å²) in [4.78, 5) is 4.01. The summed E-state index contributed by atoms with van der Waals surface area (Å²) in [6.45, 7) is 0. The Balaban J connectivity index is 2.58. The number of halogens is 1. The van der Waals surface area contributed by atoms with Gasteiger partial charge in [0.25, 0.3) is 0 Å². The van der Waals surface area contributed by atoms with Gasteiger partial charge >= 0.3 is 0 Å². The van der Waals surface area contributed by atoms with Crippen LogP contribution in [0.2, 0.25) is 5.15 Å². The van der Waals surface area contributed by atoms with Crippen molar-refractivity contribution in [3.05, 3.63) is 34.6 Å². The number of rotatable bonds is 0. The third-order valence-electron chi connectivity index (χ3n) is 2.04. The van der Waals surface area contributed by atoms with Gasteiger partial charge in [-0.1, -0.05) is 17.7 Å². The van der Waals surface area contributed by atoms with Crippen LogP contribution >= 0.6 is 11.6 Å². The number of nitrogens with zero attached hydrogens (tertiary/aromatic N) is 1. The SMILES string of the molecule is NC1=CCCc2cnc(Cl)cc21. The quantitative estimate of drug-likeness (QED) is 0.621. The number of hydrogen-bond acceptors (Lipinski definition) is 2. The molecule has 2 rings (SSSR count). The Morgan fingerprint density at radius 3 is 3.17 bits per heavy atom. The van der Waals surface area contributed by atoms with E-state index in [1.165, 1.54) is 5.56 Å². The zero-order valence-corrected chi connectivity index (χ0v) is 7.30. The highest BCUT2D eigenvalue weighted by Gasteiger charge is 2.10. The molecular formula is C9H9ClN2. The maximum absolute atomic E-state index is 5.79. The van der Waals surface area contributed by atoms with Gasteiger partial charge in [0, 0.05) is 17.5 Å². The van der Waals surface area contributed by atoms with Gasteiger partial charge in [0.2, 0.25) is 0 Å². The standard InChI is InChI=1S/C9H9ClN2/c10-9-4-7-6(5-12-9)2-1-3-8(7)11/h3-5H,1-2,11H2. The largest absolute Gasteiger partial charge is 0.398 e. The summed E-state index contributed by atoms with van der Waals surface area (Å²) in [6.07, 6.45) is 5.85. The summed E-state index contributed by atoms with van der Waals surface area (Å²) in [5, 5.41) is 0.506. The van der Waals surface area contributed by atoms with Crippen LogP contribution in [0.1, 0.15) is 17.5 Å². The molecular weight excluding hydrogens is 172 g/mol. The zero-order valence-electron chi connectivity index (χ0n) is 6.55. The molecule has 0 bridgehead atoms. The van der Waals surface area contributed by atoms with Gasteiger partial charge in [0.1, 0.15) is 5.15 Å². The molecule has 0 atom stereocenters. The number of fused-ring (bicyclic) bond motifs is 1. The summed E-state index contributed by atoms with van der Waals surface area (Å²) in [6, 6.07) is 1.82. The fraction of sp³-hybridized carbons (Fsp3) is 0.222. The van der Waals surface area contributed by atoms with Crippen LogP contribution in [0.25, 0.3) is 5.70 Å². The van der Waals surface area contributed by atoms with Gasteiger partial charge in [0.15, 0.2) is 0 Å². The van der Waals surface area contributed by atoms with E-state index in [0.717, 1.165) is 24.1 Å². The molecule has 1 aromatic rings. The molecule has 2 N–H and O–H groups in total. The second-order valence-electron chi connectivity index (χ2n) is 2.86. The number of aryl methyl sites for hydroxylation is 1. The lowest BCUT2D eigenvalue weighted by Gasteiger charge is -2.13. The fourth-order valence-corrected chi connectivity index (χ4v) is 1.58. The minimum absolute atomic E-state index is 0.506. The summed E-state index contributed by atoms with van der Waals surface area (Å²) in [5.41, 5.74) is 8.85. The van der Waals surface area contributed by atoms with Crippen molar-refractivity contribution in [2.24, 2.45) is 5.73 Å². The Bertz CT molecular complexity index is 344. The first-order valence-corrected chi connectivity index (χ1v) is 4.25. The van der Waals surface area contributed by atoms with E-state index in [0.29, 0.717) is 5.15 Å². The van der Waals surface area contributed by atoms with Crippen molar-refractivity contribution in [3.63, 3.8) is 0 Å². The van der Waals surface area contributed by atoms with Crippen molar-refractivity contribution >= 4 is 17.3 Å². The Morgan fingerprint density at radius 2 is 2.33 bits per heavy atom. The Morgan fingerprint density at radius 1 is 1.50 bits per heavy atom. The molecule has 1 aromatic heterocycles. The minimum atomic E-state index is 0.506. The van der Waals surface area contributed by atoms with Crippen LogP contribution in [0.15, 0.2) is 18.3 Å². The number of aromatic nitrogens is 1. The van der Waals surface area contributed by atoms with E-state index in [1.54, 1.807) is 6.20 Å². The zero-order chi connectivity index (χ0) is 8.55. The molecule has 62 valence electrons. The van der Waals surface area contributed by atoms with Gasteiger partial charge in [-0.05, 0) is 24.5 Å². The smallest absolute Gasteiger partial charge is 0.129 e. The lowest BCUT2D eigenvalue weighted by atomic mass is 9.97. The Hall–Kier alpha value is -1.02. The lowest BCUT2D eigenvalue weighted by Crippen LogP contribution is -2.06. The number of pyridine rings is 1. The summed E-state index contributed by atoms with van der Waals surface area (Å²) in [5.74, 6) is 0. The number of nitrogens with two attached hydrogens (primary N) is 1. The lowest BCUT2D eigenvalue weighted by molar-refractivity contribution is 0.958. The van der Waals surface area contributed by atoms with Crippen LogP contribution < -0.4 is 5.73 Å². The summed E-state index contributed by atoms with van der Waals surface area (Å²) in [7, 11) is 0. The summed E-state index contributed by atoms with van der Waals surface area (Å²) >= 11 is 5.75. The second kappa shape index (κ2) is 2.79. The van der Waals surface area contributed by atoms with Crippen LogP contribution in [-0.2, 0) is 6.42 Å². The molecule has 0 aliphatic heterocycles. The maximum Gasteiger partial charge on any atom is 0.129 e. The van der Waals surface area contributed by atoms with Crippen LogP contribution in [0.3, 0.4) is 0 Å². The molecule has 0 aromatic carbocycles. The average molecular weight is 181 g/mol. The molecule has 2 nitrogen and oxygen atoms in total. The van der Waals surface area contributed by atoms with E-state index in [2.05, 4.69) is 4.98 Å². The van der Waals surface area contributed by atoms with Gasteiger partial charge in [0.05, 0.1) is 0 Å². The topological polar surface area (TPSA) is 38.9 Å². The number of allylic oxidation sites excluding steroid dienone is 1. The third kappa shape index (κ3) is 1.18. The van der Waals surface area contributed by atoms with Crippen molar-refractivity contribution in [3.8, 4) is 0 Å². The highest BCUT2D eigenvalue weighted by atomic mass is 35.5. The summed E-state index contributed by atoms with van der Waals surface area (Å²) < 4.78 is 0. The van der Waals surface area contributed by atoms with Crippen LogP contribution in [-0.4, -0.2) is 4.98 Å². The normalized spacial score (nSPS) is 15.2. The predicted molar refractivity (Wildman–Crippen MR) is 49.7 cm³/mol. The molecule has 1 aliphatic rings. The van der Waals surface area contributed by atoms with Crippen LogP contribution in [0.4, 0.5) is 0 Å². The molecule has 0 fully saturated rings. The van der Waals surface area contributed by atoms with Gasteiger partial charge in [-0.3, -0.25) is 0 Å². The monoisotopic (exact) mass is 180 g/mol. The molecule has 1 aliphatic carbocycles. The average Bonchev–Trinajstić information content (AvgIpc) is 2.07. The second-order valence-corrected chi connectivity index (χ2v) is 3.25. The van der Waals surface area contributed by atoms with E-state index in [1.807, 2.05) is 12.1 Å². The molecule has 0 unspecified atom stereocenters. The van der Waals surface area contributed by atoms with E-state index in [-0.39, 0.29) is 0 Å². The highest BCUT2D eigenvalue weighted by Crippen LogP contribution is 2.23. The Labute approximate surface area is 76.1 Å². The first-order valence-electron chi connectivity index (χ1n) is 3.88. The molecule has 12 heavy (non-hydrogen) atoms. The van der Waals surface area contributed by atoms with E-state index in [9.17, 15) is 0 Å². The first kappa shape index (κ1) is 7.62. The van der Waals surface area contributed by atoms with Crippen molar-refractivity contribution in [2.75, 3.05) is 0 Å². The van der Waals surface area contributed by atoms with Gasteiger partial charge in [-0.2, -0.15) is 0 Å². The van der Waals surface area contributed by atoms with Crippen molar-refractivity contribution < 1.29 is 0 Å². The first-order chi connectivity index (χ1) is 5.77. The van der Waals surface area contributed by atoms with E-state index >= 15 is 0 Å². The molecule has 3 heteroatoms.